The number of ether oxygens (including phenoxy) is 2. The van der Waals surface area contributed by atoms with E-state index in [1.807, 2.05) is 51.1 Å². The molecule has 0 bridgehead atoms. The molecule has 38 heavy (non-hydrogen) atoms. The van der Waals surface area contributed by atoms with Gasteiger partial charge in [-0.05, 0) is 49.2 Å². The minimum atomic E-state index is -3.73. The molecule has 4 rings (SSSR count). The predicted molar refractivity (Wildman–Crippen MR) is 144 cm³/mol. The molecule has 0 atom stereocenters. The summed E-state index contributed by atoms with van der Waals surface area (Å²) in [7, 11) is -2.46. The maximum absolute atomic E-state index is 13.3. The quantitative estimate of drug-likeness (QED) is 0.354. The highest BCUT2D eigenvalue weighted by Crippen LogP contribution is 2.38. The van der Waals surface area contributed by atoms with Crippen LogP contribution in [0.5, 0.6) is 5.75 Å². The number of amides is 1. The zero-order valence-electron chi connectivity index (χ0n) is 22.3. The Kier molecular flexibility index (Phi) is 8.06. The van der Waals surface area contributed by atoms with Gasteiger partial charge in [0.2, 0.25) is 5.91 Å². The van der Waals surface area contributed by atoms with Crippen molar-refractivity contribution in [2.75, 3.05) is 26.0 Å². The first-order valence-corrected chi connectivity index (χ1v) is 14.3. The van der Waals surface area contributed by atoms with Crippen molar-refractivity contribution < 1.29 is 27.5 Å². The SMILES string of the molecule is COC(=O)CC1(CS(=O)(=O)c2ccc(OCc3cc(C)nc4ccccc34)cc2)CN(C(=O)CC(C)C)C1. The zero-order valence-corrected chi connectivity index (χ0v) is 23.1. The average Bonchev–Trinajstić information content (AvgIpc) is 2.84. The van der Waals surface area contributed by atoms with Crippen LogP contribution in [0, 0.1) is 18.3 Å². The van der Waals surface area contributed by atoms with Crippen molar-refractivity contribution in [2.45, 2.75) is 45.1 Å². The van der Waals surface area contributed by atoms with Crippen LogP contribution in [-0.4, -0.2) is 56.1 Å². The lowest BCUT2D eigenvalue weighted by atomic mass is 9.78. The van der Waals surface area contributed by atoms with E-state index in [0.717, 1.165) is 22.2 Å². The van der Waals surface area contributed by atoms with Crippen LogP contribution in [0.1, 0.15) is 37.9 Å². The molecule has 2 heterocycles. The summed E-state index contributed by atoms with van der Waals surface area (Å²) >= 11 is 0. The number of sulfone groups is 1. The molecule has 2 aromatic carbocycles. The van der Waals surface area contributed by atoms with Crippen molar-refractivity contribution >= 4 is 32.6 Å². The van der Waals surface area contributed by atoms with E-state index >= 15 is 0 Å². The number of pyridine rings is 1. The smallest absolute Gasteiger partial charge is 0.306 e. The summed E-state index contributed by atoms with van der Waals surface area (Å²) in [6.07, 6.45) is 0.325. The molecular weight excluding hydrogens is 504 g/mol. The van der Waals surface area contributed by atoms with E-state index in [4.69, 9.17) is 9.47 Å². The first-order valence-electron chi connectivity index (χ1n) is 12.7. The van der Waals surface area contributed by atoms with Crippen LogP contribution < -0.4 is 4.74 Å². The molecule has 0 spiro atoms. The van der Waals surface area contributed by atoms with E-state index in [9.17, 15) is 18.0 Å². The topological polar surface area (TPSA) is 103 Å². The van der Waals surface area contributed by atoms with Gasteiger partial charge >= 0.3 is 5.97 Å². The molecule has 8 nitrogen and oxygen atoms in total. The minimum absolute atomic E-state index is 0.0310. The van der Waals surface area contributed by atoms with Crippen molar-refractivity contribution in [1.82, 2.24) is 9.88 Å². The van der Waals surface area contributed by atoms with Crippen LogP contribution in [0.4, 0.5) is 0 Å². The summed E-state index contributed by atoms with van der Waals surface area (Å²) in [5.41, 5.74) is 1.92. The third kappa shape index (κ3) is 6.32. The fourth-order valence-electron chi connectivity index (χ4n) is 4.96. The maximum atomic E-state index is 13.3. The largest absolute Gasteiger partial charge is 0.489 e. The van der Waals surface area contributed by atoms with Crippen molar-refractivity contribution in [2.24, 2.45) is 11.3 Å². The molecule has 1 aliphatic heterocycles. The van der Waals surface area contributed by atoms with E-state index in [-0.39, 0.29) is 42.0 Å². The molecule has 202 valence electrons. The van der Waals surface area contributed by atoms with E-state index in [1.54, 1.807) is 17.0 Å². The van der Waals surface area contributed by atoms with Crippen molar-refractivity contribution in [3.05, 3.63) is 65.9 Å². The van der Waals surface area contributed by atoms with Crippen LogP contribution in [0.25, 0.3) is 10.9 Å². The highest BCUT2D eigenvalue weighted by Gasteiger charge is 2.49. The van der Waals surface area contributed by atoms with Gasteiger partial charge in [0.1, 0.15) is 12.4 Å². The van der Waals surface area contributed by atoms with Crippen LogP contribution in [0.15, 0.2) is 59.5 Å². The Morgan fingerprint density at radius 1 is 1.08 bits per heavy atom. The molecule has 0 aliphatic carbocycles. The summed E-state index contributed by atoms with van der Waals surface area (Å²) in [5.74, 6) is -0.0247. The molecule has 1 aromatic heterocycles. The highest BCUT2D eigenvalue weighted by molar-refractivity contribution is 7.91. The molecule has 0 saturated carbocycles. The van der Waals surface area contributed by atoms with Crippen LogP contribution in [0.3, 0.4) is 0 Å². The molecule has 9 heteroatoms. The second-order valence-electron chi connectivity index (χ2n) is 10.6. The molecule has 1 fully saturated rings. The molecule has 0 unspecified atom stereocenters. The number of esters is 1. The van der Waals surface area contributed by atoms with Gasteiger partial charge < -0.3 is 14.4 Å². The number of fused-ring (bicyclic) bond motifs is 1. The summed E-state index contributed by atoms with van der Waals surface area (Å²) in [6, 6.07) is 16.1. The van der Waals surface area contributed by atoms with Crippen LogP contribution in [-0.2, 0) is 30.8 Å². The molecule has 1 aliphatic rings. The fraction of sp³-hybridized carbons (Fsp3) is 0.414. The third-order valence-electron chi connectivity index (χ3n) is 6.74. The van der Waals surface area contributed by atoms with Gasteiger partial charge in [-0.15, -0.1) is 0 Å². The van der Waals surface area contributed by atoms with Gasteiger partial charge in [-0.2, -0.15) is 0 Å². The lowest BCUT2D eigenvalue weighted by molar-refractivity contribution is -0.153. The zero-order chi connectivity index (χ0) is 27.5. The number of carbonyl (C=O) groups excluding carboxylic acids is 2. The summed E-state index contributed by atoms with van der Waals surface area (Å²) in [5, 5.41) is 1.01. The molecular formula is C29H34N2O6S. The fourth-order valence-corrected chi connectivity index (χ4v) is 6.76. The normalized spacial score (nSPS) is 14.8. The molecule has 1 amide bonds. The number of carbonyl (C=O) groups is 2. The Morgan fingerprint density at radius 2 is 1.76 bits per heavy atom. The minimum Gasteiger partial charge on any atom is -0.489 e. The van der Waals surface area contributed by atoms with Gasteiger partial charge in [0.15, 0.2) is 9.84 Å². The van der Waals surface area contributed by atoms with Crippen molar-refractivity contribution in [1.29, 1.82) is 0 Å². The number of benzene rings is 2. The van der Waals surface area contributed by atoms with Gasteiger partial charge in [0.25, 0.3) is 0 Å². The Bertz CT molecular complexity index is 1430. The van der Waals surface area contributed by atoms with Gasteiger partial charge in [-0.25, -0.2) is 8.42 Å². The van der Waals surface area contributed by atoms with Crippen molar-refractivity contribution in [3.8, 4) is 5.75 Å². The summed E-state index contributed by atoms with van der Waals surface area (Å²) in [4.78, 5) is 30.9. The number of aryl methyl sites for hydroxylation is 1. The number of likely N-dealkylation sites (tertiary alicyclic amines) is 1. The van der Waals surface area contributed by atoms with E-state index in [0.29, 0.717) is 18.8 Å². The van der Waals surface area contributed by atoms with Gasteiger partial charge in [-0.1, -0.05) is 32.0 Å². The first kappa shape index (κ1) is 27.6. The predicted octanol–water partition coefficient (Wildman–Crippen LogP) is 4.33. The van der Waals surface area contributed by atoms with Crippen LogP contribution >= 0.6 is 0 Å². The Balaban J connectivity index is 1.45. The Labute approximate surface area is 223 Å². The maximum Gasteiger partial charge on any atom is 0.306 e. The number of nitrogens with zero attached hydrogens (tertiary/aromatic N) is 2. The lowest BCUT2D eigenvalue weighted by Gasteiger charge is -2.49. The third-order valence-corrected chi connectivity index (χ3v) is 8.72. The monoisotopic (exact) mass is 538 g/mol. The summed E-state index contributed by atoms with van der Waals surface area (Å²) in [6.45, 7) is 6.60. The lowest BCUT2D eigenvalue weighted by Crippen LogP contribution is -2.62. The molecule has 0 N–H and O–H groups in total. The second-order valence-corrected chi connectivity index (χ2v) is 12.5. The Hall–Kier alpha value is -3.46. The highest BCUT2D eigenvalue weighted by atomic mass is 32.2. The van der Waals surface area contributed by atoms with Crippen molar-refractivity contribution in [3.63, 3.8) is 0 Å². The molecule has 0 radical (unpaired) electrons. The first-order chi connectivity index (χ1) is 18.0. The van der Waals surface area contributed by atoms with E-state index in [1.165, 1.54) is 19.2 Å². The standard InChI is InChI=1S/C29H34N2O6S/c1-20(2)13-27(32)31-17-29(18-31,15-28(33)36-4)19-38(34,35)24-11-9-23(10-12-24)37-16-22-14-21(3)30-26-8-6-5-7-25(22)26/h5-12,14,20H,13,15-19H2,1-4H3. The van der Waals surface area contributed by atoms with Gasteiger partial charge in [-0.3, -0.25) is 14.6 Å². The van der Waals surface area contributed by atoms with E-state index < -0.39 is 21.2 Å². The second kappa shape index (κ2) is 11.1. The number of hydrogen-bond acceptors (Lipinski definition) is 7. The summed E-state index contributed by atoms with van der Waals surface area (Å²) < 4.78 is 37.5. The number of aromatic nitrogens is 1. The Morgan fingerprint density at radius 3 is 2.42 bits per heavy atom. The number of rotatable bonds is 10. The average molecular weight is 539 g/mol. The number of methoxy groups -OCH3 is 1. The van der Waals surface area contributed by atoms with E-state index in [2.05, 4.69) is 4.98 Å². The number of hydrogen-bond donors (Lipinski definition) is 0. The molecule has 3 aromatic rings. The number of para-hydroxylation sites is 1. The molecule has 1 saturated heterocycles. The van der Waals surface area contributed by atoms with Crippen LogP contribution in [0.2, 0.25) is 0 Å². The van der Waals surface area contributed by atoms with Gasteiger partial charge in [0.05, 0.1) is 29.7 Å². The van der Waals surface area contributed by atoms with Gasteiger partial charge in [0, 0.05) is 41.6 Å².